The topological polar surface area (TPSA) is 97.0 Å². The van der Waals surface area contributed by atoms with Gasteiger partial charge in [0.15, 0.2) is 11.7 Å². The van der Waals surface area contributed by atoms with Gasteiger partial charge in [-0.15, -0.1) is 0 Å². The first-order valence-electron chi connectivity index (χ1n) is 11.4. The number of para-hydroxylation sites is 1. The molecule has 0 aromatic heterocycles. The Kier molecular flexibility index (Phi) is 8.35. The molecule has 0 atom stereocenters. The van der Waals surface area contributed by atoms with E-state index in [1.54, 1.807) is 36.4 Å². The first-order chi connectivity index (χ1) is 18.3. The highest BCUT2D eigenvalue weighted by atomic mass is 35.5. The second-order valence-corrected chi connectivity index (χ2v) is 8.69. The summed E-state index contributed by atoms with van der Waals surface area (Å²) in [6.07, 6.45) is 1.38. The highest BCUT2D eigenvalue weighted by molar-refractivity contribution is 7.80. The number of hydrogen-bond acceptors (Lipinski definition) is 6. The van der Waals surface area contributed by atoms with Gasteiger partial charge in [0, 0.05) is 0 Å². The number of carbonyl (C=O) groups is 3. The molecule has 0 aliphatic carbocycles. The van der Waals surface area contributed by atoms with Gasteiger partial charge in [-0.25, -0.2) is 4.39 Å². The molecule has 1 saturated heterocycles. The number of amides is 3. The predicted molar refractivity (Wildman–Crippen MR) is 146 cm³/mol. The third-order valence-corrected chi connectivity index (χ3v) is 5.86. The summed E-state index contributed by atoms with van der Waals surface area (Å²) < 4.78 is 24.6. The van der Waals surface area contributed by atoms with Crippen LogP contribution in [0.2, 0.25) is 5.02 Å². The molecule has 4 rings (SSSR count). The Morgan fingerprint density at radius 2 is 1.84 bits per heavy atom. The molecule has 0 saturated carbocycles. The first-order valence-corrected chi connectivity index (χ1v) is 12.2. The van der Waals surface area contributed by atoms with Crippen molar-refractivity contribution in [2.45, 2.75) is 6.92 Å². The van der Waals surface area contributed by atoms with Crippen molar-refractivity contribution in [3.8, 4) is 11.5 Å². The quantitative estimate of drug-likeness (QED) is 0.238. The van der Waals surface area contributed by atoms with Crippen LogP contribution in [0.15, 0.2) is 72.3 Å². The zero-order chi connectivity index (χ0) is 27.2. The van der Waals surface area contributed by atoms with Crippen molar-refractivity contribution in [1.82, 2.24) is 5.32 Å². The van der Waals surface area contributed by atoms with Crippen LogP contribution in [-0.4, -0.2) is 36.0 Å². The highest BCUT2D eigenvalue weighted by Gasteiger charge is 2.34. The number of anilines is 2. The van der Waals surface area contributed by atoms with Gasteiger partial charge >= 0.3 is 0 Å². The van der Waals surface area contributed by atoms with Gasteiger partial charge < -0.3 is 14.8 Å². The van der Waals surface area contributed by atoms with Crippen LogP contribution in [0.5, 0.6) is 11.5 Å². The second-order valence-electron chi connectivity index (χ2n) is 7.89. The van der Waals surface area contributed by atoms with Crippen LogP contribution >= 0.6 is 23.8 Å². The van der Waals surface area contributed by atoms with Crippen molar-refractivity contribution >= 4 is 64.1 Å². The standard InChI is InChI=1S/C27H21ClFN3O5S/c1-2-36-18-10-8-17(9-11-18)32-26(35)19(25(34)31-27(32)38)13-16-7-12-23(20(28)14-16)37-15-24(33)30-22-6-4-3-5-21(22)29/h3-14H,2,15H2,1H3,(H,30,33)(H,31,34,38)/b19-13+. The number of nitrogens with zero attached hydrogens (tertiary/aromatic N) is 1. The van der Waals surface area contributed by atoms with Crippen molar-refractivity contribution in [3.05, 3.63) is 88.7 Å². The van der Waals surface area contributed by atoms with Crippen molar-refractivity contribution in [1.29, 1.82) is 0 Å². The van der Waals surface area contributed by atoms with Crippen molar-refractivity contribution in [3.63, 3.8) is 0 Å². The Morgan fingerprint density at radius 3 is 2.53 bits per heavy atom. The summed E-state index contributed by atoms with van der Waals surface area (Å²) in [5, 5.41) is 5.03. The average Bonchev–Trinajstić information content (AvgIpc) is 2.88. The maximum absolute atomic E-state index is 13.7. The highest BCUT2D eigenvalue weighted by Crippen LogP contribution is 2.28. The van der Waals surface area contributed by atoms with Gasteiger partial charge in [0.1, 0.15) is 22.9 Å². The molecular weight excluding hydrogens is 533 g/mol. The fraction of sp³-hybridized carbons (Fsp3) is 0.111. The molecule has 1 aliphatic heterocycles. The molecule has 0 bridgehead atoms. The molecule has 1 heterocycles. The van der Waals surface area contributed by atoms with Crippen LogP contribution in [-0.2, 0) is 14.4 Å². The van der Waals surface area contributed by atoms with E-state index in [9.17, 15) is 18.8 Å². The SMILES string of the molecule is CCOc1ccc(N2C(=O)/C(=C/c3ccc(OCC(=O)Nc4ccccc4F)c(Cl)c3)C(=O)NC2=S)cc1. The van der Waals surface area contributed by atoms with E-state index in [2.05, 4.69) is 10.6 Å². The van der Waals surface area contributed by atoms with Gasteiger partial charge in [0.2, 0.25) is 0 Å². The molecule has 11 heteroatoms. The van der Waals surface area contributed by atoms with E-state index >= 15 is 0 Å². The molecular formula is C27H21ClFN3O5S. The molecule has 38 heavy (non-hydrogen) atoms. The maximum Gasteiger partial charge on any atom is 0.270 e. The lowest BCUT2D eigenvalue weighted by molar-refractivity contribution is -0.122. The lowest BCUT2D eigenvalue weighted by atomic mass is 10.1. The fourth-order valence-corrected chi connectivity index (χ4v) is 4.06. The van der Waals surface area contributed by atoms with Gasteiger partial charge in [-0.3, -0.25) is 24.6 Å². The number of benzene rings is 3. The summed E-state index contributed by atoms with van der Waals surface area (Å²) in [7, 11) is 0. The molecule has 3 aromatic rings. The normalized spacial score (nSPS) is 14.3. The van der Waals surface area contributed by atoms with Gasteiger partial charge in [-0.2, -0.15) is 0 Å². The van der Waals surface area contributed by atoms with E-state index < -0.39 is 30.1 Å². The lowest BCUT2D eigenvalue weighted by Gasteiger charge is -2.29. The zero-order valence-corrected chi connectivity index (χ0v) is 21.6. The summed E-state index contributed by atoms with van der Waals surface area (Å²) >= 11 is 11.5. The first kappa shape index (κ1) is 26.8. The number of nitrogens with one attached hydrogen (secondary N) is 2. The van der Waals surface area contributed by atoms with E-state index in [0.29, 0.717) is 23.6 Å². The van der Waals surface area contributed by atoms with Crippen LogP contribution in [0, 0.1) is 5.82 Å². The minimum Gasteiger partial charge on any atom is -0.494 e. The maximum atomic E-state index is 13.7. The summed E-state index contributed by atoms with van der Waals surface area (Å²) in [5.74, 6) is -1.58. The Labute approximate surface area is 228 Å². The van der Waals surface area contributed by atoms with Crippen LogP contribution < -0.4 is 25.0 Å². The van der Waals surface area contributed by atoms with E-state index in [0.717, 1.165) is 0 Å². The van der Waals surface area contributed by atoms with Crippen molar-refractivity contribution in [2.75, 3.05) is 23.4 Å². The second kappa shape index (κ2) is 11.8. The molecule has 3 aromatic carbocycles. The fourth-order valence-electron chi connectivity index (χ4n) is 3.53. The Morgan fingerprint density at radius 1 is 1.11 bits per heavy atom. The third-order valence-electron chi connectivity index (χ3n) is 5.28. The largest absolute Gasteiger partial charge is 0.494 e. The summed E-state index contributed by atoms with van der Waals surface area (Å²) in [5.41, 5.74) is 0.783. The Hall–Kier alpha value is -4.28. The number of halogens is 2. The van der Waals surface area contributed by atoms with Gasteiger partial charge in [-0.05, 0) is 79.3 Å². The van der Waals surface area contributed by atoms with Crippen LogP contribution in [0.1, 0.15) is 12.5 Å². The molecule has 0 unspecified atom stereocenters. The van der Waals surface area contributed by atoms with Crippen molar-refractivity contribution < 1.29 is 28.2 Å². The smallest absolute Gasteiger partial charge is 0.270 e. The summed E-state index contributed by atoms with van der Waals surface area (Å²) in [6.45, 7) is 1.94. The van der Waals surface area contributed by atoms with Crippen LogP contribution in [0.4, 0.5) is 15.8 Å². The summed E-state index contributed by atoms with van der Waals surface area (Å²) in [4.78, 5) is 39.1. The van der Waals surface area contributed by atoms with Gasteiger partial charge in [-0.1, -0.05) is 29.8 Å². The van der Waals surface area contributed by atoms with Crippen LogP contribution in [0.3, 0.4) is 0 Å². The minimum absolute atomic E-state index is 0.0309. The number of rotatable bonds is 8. The van der Waals surface area contributed by atoms with E-state index in [4.69, 9.17) is 33.3 Å². The molecule has 8 nitrogen and oxygen atoms in total. The van der Waals surface area contributed by atoms with Crippen LogP contribution in [0.25, 0.3) is 6.08 Å². The van der Waals surface area contributed by atoms with Gasteiger partial charge in [0.25, 0.3) is 17.7 Å². The zero-order valence-electron chi connectivity index (χ0n) is 20.0. The Bertz CT molecular complexity index is 1440. The van der Waals surface area contributed by atoms with E-state index in [1.165, 1.54) is 41.3 Å². The molecule has 1 aliphatic rings. The molecule has 0 radical (unpaired) electrons. The Balaban J connectivity index is 1.47. The van der Waals surface area contributed by atoms with E-state index in [-0.39, 0.29) is 27.1 Å². The molecule has 2 N–H and O–H groups in total. The minimum atomic E-state index is -0.650. The summed E-state index contributed by atoms with van der Waals surface area (Å²) in [6, 6.07) is 17.0. The van der Waals surface area contributed by atoms with Gasteiger partial charge in [0.05, 0.1) is 23.0 Å². The number of thiocarbonyl (C=S) groups is 1. The van der Waals surface area contributed by atoms with E-state index in [1.807, 2.05) is 6.92 Å². The molecule has 0 spiro atoms. The number of ether oxygens (including phenoxy) is 2. The predicted octanol–water partition coefficient (Wildman–Crippen LogP) is 4.73. The number of hydrogen-bond donors (Lipinski definition) is 2. The monoisotopic (exact) mass is 553 g/mol. The lowest BCUT2D eigenvalue weighted by Crippen LogP contribution is -2.54. The van der Waals surface area contributed by atoms with Crippen molar-refractivity contribution in [2.24, 2.45) is 0 Å². The average molecular weight is 554 g/mol. The molecule has 3 amide bonds. The molecule has 1 fully saturated rings. The molecule has 194 valence electrons. The number of carbonyl (C=O) groups excluding carboxylic acids is 3. The third kappa shape index (κ3) is 6.16.